The standard InChI is InChI=1S/C59H110O6/c1-4-7-10-13-16-19-22-25-27-29-31-34-37-40-43-46-49-52-58(61)64-55-56(54-63-57(60)51-48-45-42-39-36-33-24-21-18-15-12-9-6-3)65-59(62)53-50-47-44-41-38-35-32-30-28-26-23-20-17-14-11-8-5-2/h21,24-25,27,56H,4-20,22-23,26,28-55H2,1-3H3/b24-21+,27-25+/t56-/m1/s1. The van der Waals surface area contributed by atoms with Crippen molar-refractivity contribution in [3.05, 3.63) is 24.3 Å². The molecule has 0 spiro atoms. The Labute approximate surface area is 404 Å². The number of allylic oxidation sites excluding steroid dienone is 4. The summed E-state index contributed by atoms with van der Waals surface area (Å²) < 4.78 is 16.9. The molecule has 0 radical (unpaired) electrons. The second kappa shape index (κ2) is 54.5. The lowest BCUT2D eigenvalue weighted by Crippen LogP contribution is -2.30. The van der Waals surface area contributed by atoms with Crippen LogP contribution < -0.4 is 0 Å². The molecule has 6 nitrogen and oxygen atoms in total. The van der Waals surface area contributed by atoms with Crippen LogP contribution in [-0.2, 0) is 28.6 Å². The zero-order valence-corrected chi connectivity index (χ0v) is 43.8. The van der Waals surface area contributed by atoms with Crippen LogP contribution in [0.5, 0.6) is 0 Å². The molecule has 0 amide bonds. The maximum atomic E-state index is 12.8. The van der Waals surface area contributed by atoms with Crippen molar-refractivity contribution in [2.45, 2.75) is 322 Å². The quantitative estimate of drug-likeness (QED) is 0.0262. The first-order valence-electron chi connectivity index (χ1n) is 28.8. The van der Waals surface area contributed by atoms with Crippen LogP contribution in [0.4, 0.5) is 0 Å². The van der Waals surface area contributed by atoms with Crippen molar-refractivity contribution in [3.63, 3.8) is 0 Å². The summed E-state index contributed by atoms with van der Waals surface area (Å²) >= 11 is 0. The lowest BCUT2D eigenvalue weighted by atomic mass is 10.0. The molecule has 0 aliphatic rings. The van der Waals surface area contributed by atoms with E-state index in [2.05, 4.69) is 45.1 Å². The van der Waals surface area contributed by atoms with Crippen LogP contribution in [0.3, 0.4) is 0 Å². The van der Waals surface area contributed by atoms with Gasteiger partial charge in [-0.15, -0.1) is 0 Å². The summed E-state index contributed by atoms with van der Waals surface area (Å²) in [6, 6.07) is 0. The average Bonchev–Trinajstić information content (AvgIpc) is 3.30. The van der Waals surface area contributed by atoms with Gasteiger partial charge in [0.15, 0.2) is 6.10 Å². The van der Waals surface area contributed by atoms with Crippen molar-refractivity contribution in [2.75, 3.05) is 13.2 Å². The predicted octanol–water partition coefficient (Wildman–Crippen LogP) is 19.1. The highest BCUT2D eigenvalue weighted by Crippen LogP contribution is 2.17. The van der Waals surface area contributed by atoms with Crippen molar-refractivity contribution in [1.29, 1.82) is 0 Å². The van der Waals surface area contributed by atoms with Crippen molar-refractivity contribution < 1.29 is 28.6 Å². The van der Waals surface area contributed by atoms with Crippen LogP contribution in [-0.4, -0.2) is 37.2 Å². The molecular weight excluding hydrogens is 805 g/mol. The molecule has 0 unspecified atom stereocenters. The summed E-state index contributed by atoms with van der Waals surface area (Å²) in [4.78, 5) is 38.1. The number of carbonyl (C=O) groups excluding carboxylic acids is 3. The lowest BCUT2D eigenvalue weighted by molar-refractivity contribution is -0.167. The topological polar surface area (TPSA) is 78.9 Å². The average molecular weight is 916 g/mol. The van der Waals surface area contributed by atoms with Gasteiger partial charge in [-0.2, -0.15) is 0 Å². The second-order valence-electron chi connectivity index (χ2n) is 19.6. The largest absolute Gasteiger partial charge is 0.462 e. The Morgan fingerprint density at radius 1 is 0.292 bits per heavy atom. The van der Waals surface area contributed by atoms with Crippen LogP contribution in [0.15, 0.2) is 24.3 Å². The van der Waals surface area contributed by atoms with Crippen molar-refractivity contribution in [1.82, 2.24) is 0 Å². The van der Waals surface area contributed by atoms with Gasteiger partial charge >= 0.3 is 17.9 Å². The zero-order chi connectivity index (χ0) is 47.2. The summed E-state index contributed by atoms with van der Waals surface area (Å²) in [7, 11) is 0. The number of carbonyl (C=O) groups is 3. The van der Waals surface area contributed by atoms with Crippen molar-refractivity contribution >= 4 is 17.9 Å². The van der Waals surface area contributed by atoms with Crippen molar-refractivity contribution in [3.8, 4) is 0 Å². The minimum Gasteiger partial charge on any atom is -0.462 e. The lowest BCUT2D eigenvalue weighted by Gasteiger charge is -2.18. The number of esters is 3. The Kier molecular flexibility index (Phi) is 52.7. The molecule has 0 aromatic heterocycles. The molecule has 6 heteroatoms. The summed E-state index contributed by atoms with van der Waals surface area (Å²) in [5, 5.41) is 0. The molecule has 0 aliphatic heterocycles. The molecule has 0 aromatic carbocycles. The van der Waals surface area contributed by atoms with E-state index in [0.29, 0.717) is 19.3 Å². The third-order valence-electron chi connectivity index (χ3n) is 12.9. The highest BCUT2D eigenvalue weighted by molar-refractivity contribution is 5.71. The fourth-order valence-electron chi connectivity index (χ4n) is 8.55. The Hall–Kier alpha value is -2.11. The van der Waals surface area contributed by atoms with E-state index in [0.717, 1.165) is 64.2 Å². The van der Waals surface area contributed by atoms with Gasteiger partial charge in [-0.1, -0.05) is 251 Å². The number of hydrogen-bond acceptors (Lipinski definition) is 6. The third-order valence-corrected chi connectivity index (χ3v) is 12.9. The monoisotopic (exact) mass is 915 g/mol. The maximum absolute atomic E-state index is 12.8. The molecule has 0 saturated heterocycles. The second-order valence-corrected chi connectivity index (χ2v) is 19.6. The Morgan fingerprint density at radius 3 is 0.785 bits per heavy atom. The van der Waals surface area contributed by atoms with E-state index < -0.39 is 6.10 Å². The molecule has 0 heterocycles. The van der Waals surface area contributed by atoms with E-state index in [4.69, 9.17) is 14.2 Å². The first kappa shape index (κ1) is 62.9. The van der Waals surface area contributed by atoms with Gasteiger partial charge in [-0.05, 0) is 70.6 Å². The first-order valence-corrected chi connectivity index (χ1v) is 28.8. The Balaban J connectivity index is 4.33. The molecule has 0 aromatic rings. The van der Waals surface area contributed by atoms with E-state index in [-0.39, 0.29) is 31.1 Å². The van der Waals surface area contributed by atoms with Crippen molar-refractivity contribution in [2.24, 2.45) is 0 Å². The van der Waals surface area contributed by atoms with Crippen LogP contribution in [0.1, 0.15) is 316 Å². The minimum absolute atomic E-state index is 0.0719. The highest BCUT2D eigenvalue weighted by Gasteiger charge is 2.19. The summed E-state index contributed by atoms with van der Waals surface area (Å²) in [5.74, 6) is -0.865. The van der Waals surface area contributed by atoms with E-state index >= 15 is 0 Å². The molecule has 0 rings (SSSR count). The van der Waals surface area contributed by atoms with Crippen LogP contribution >= 0.6 is 0 Å². The van der Waals surface area contributed by atoms with Gasteiger partial charge in [0.25, 0.3) is 0 Å². The summed E-state index contributed by atoms with van der Waals surface area (Å²) in [6.07, 6.45) is 63.1. The number of rotatable bonds is 53. The van der Waals surface area contributed by atoms with Gasteiger partial charge in [-0.25, -0.2) is 0 Å². The van der Waals surface area contributed by atoms with E-state index in [1.54, 1.807) is 0 Å². The van der Waals surface area contributed by atoms with Gasteiger partial charge < -0.3 is 14.2 Å². The number of ether oxygens (including phenoxy) is 3. The number of hydrogen-bond donors (Lipinski definition) is 0. The van der Waals surface area contributed by atoms with Crippen LogP contribution in [0, 0.1) is 0 Å². The molecule has 0 fully saturated rings. The summed E-state index contributed by atoms with van der Waals surface area (Å²) in [6.45, 7) is 6.66. The fraction of sp³-hybridized carbons (Fsp3) is 0.881. The van der Waals surface area contributed by atoms with Gasteiger partial charge in [0.1, 0.15) is 13.2 Å². The van der Waals surface area contributed by atoms with E-state index in [1.807, 2.05) is 0 Å². The Morgan fingerprint density at radius 2 is 0.508 bits per heavy atom. The SMILES string of the molecule is CCCCCC/C=C/CCCCCCCC(=O)OC[C@H](COC(=O)CCCCCCCCC/C=C/CCCCCCCC)OC(=O)CCCCCCCCCCCCCCCCCCC. The normalized spacial score (nSPS) is 12.1. The number of unbranched alkanes of at least 4 members (excludes halogenated alkanes) is 38. The molecular formula is C59H110O6. The molecule has 0 aliphatic carbocycles. The predicted molar refractivity (Wildman–Crippen MR) is 279 cm³/mol. The highest BCUT2D eigenvalue weighted by atomic mass is 16.6. The zero-order valence-electron chi connectivity index (χ0n) is 43.8. The molecule has 0 bridgehead atoms. The van der Waals surface area contributed by atoms with Gasteiger partial charge in [0.2, 0.25) is 0 Å². The van der Waals surface area contributed by atoms with Gasteiger partial charge in [0.05, 0.1) is 0 Å². The molecule has 0 saturated carbocycles. The molecule has 1 atom stereocenters. The Bertz CT molecular complexity index is 1050. The van der Waals surface area contributed by atoms with E-state index in [1.165, 1.54) is 212 Å². The summed E-state index contributed by atoms with van der Waals surface area (Å²) in [5.41, 5.74) is 0. The molecule has 65 heavy (non-hydrogen) atoms. The van der Waals surface area contributed by atoms with Crippen LogP contribution in [0.25, 0.3) is 0 Å². The van der Waals surface area contributed by atoms with Gasteiger partial charge in [0, 0.05) is 19.3 Å². The third kappa shape index (κ3) is 52.7. The maximum Gasteiger partial charge on any atom is 0.306 e. The first-order chi connectivity index (χ1) is 32.0. The smallest absolute Gasteiger partial charge is 0.306 e. The molecule has 0 N–H and O–H groups in total. The minimum atomic E-state index is -0.772. The fourth-order valence-corrected chi connectivity index (χ4v) is 8.55. The van der Waals surface area contributed by atoms with Crippen LogP contribution in [0.2, 0.25) is 0 Å². The molecule has 382 valence electrons. The van der Waals surface area contributed by atoms with Gasteiger partial charge in [-0.3, -0.25) is 14.4 Å². The van der Waals surface area contributed by atoms with E-state index in [9.17, 15) is 14.4 Å².